The smallest absolute Gasteiger partial charge is 0.508 e. The average molecular weight is 1500 g/mol. The number of phenolic OH excluding ortho intramolecular Hbond substituents is 1. The lowest BCUT2D eigenvalue weighted by Gasteiger charge is -2.28. The summed E-state index contributed by atoms with van der Waals surface area (Å²) in [6, 6.07) is 44.5. The van der Waals surface area contributed by atoms with Gasteiger partial charge in [0.25, 0.3) is 0 Å². The van der Waals surface area contributed by atoms with E-state index < -0.39 is 68.7 Å². The van der Waals surface area contributed by atoms with Gasteiger partial charge >= 0.3 is 33.7 Å². The molecule has 0 fully saturated rings. The van der Waals surface area contributed by atoms with Crippen molar-refractivity contribution in [2.45, 2.75) is 66.5 Å². The van der Waals surface area contributed by atoms with Crippen LogP contribution in [0.3, 0.4) is 0 Å². The topological polar surface area (TPSA) is 202 Å². The SMILES string of the molecule is C.C.C.C1=CCC=CC1.CN(C)C(=O)N1CC(c2cc(F)ccc2F)=C[C@H]1c1cccc(O)c1.CN(C)C(=O)N1CC(c2cc(F)ccc2F)=C[C@H]1c1cccc(OP(=O)(O)O)c1.CN(C)C(=O)N1CC(c2cc(F)ccc2F)=C[C@H]1c1cccc(OP(=O)(OCc2ccccc2)OCc2ccccc2)c1. The van der Waals surface area contributed by atoms with Crippen LogP contribution in [0.5, 0.6) is 17.2 Å². The molecule has 26 heteroatoms. The van der Waals surface area contributed by atoms with Gasteiger partial charge in [0.2, 0.25) is 0 Å². The number of rotatable bonds is 16. The minimum Gasteiger partial charge on any atom is -0.508 e. The highest BCUT2D eigenvalue weighted by molar-refractivity contribution is 7.48. The van der Waals surface area contributed by atoms with Crippen LogP contribution in [-0.2, 0) is 31.4 Å². The van der Waals surface area contributed by atoms with Crippen molar-refractivity contribution in [2.75, 3.05) is 61.9 Å². The molecule has 8 aromatic carbocycles. The third kappa shape index (κ3) is 23.0. The fourth-order valence-electron chi connectivity index (χ4n) is 11.3. The van der Waals surface area contributed by atoms with E-state index in [9.17, 15) is 55.0 Å². The van der Waals surface area contributed by atoms with Gasteiger partial charge in [-0.05, 0) is 148 Å². The Labute approximate surface area is 615 Å². The first-order valence-corrected chi connectivity index (χ1v) is 35.2. The lowest BCUT2D eigenvalue weighted by Crippen LogP contribution is -2.39. The van der Waals surface area contributed by atoms with E-state index >= 15 is 0 Å². The van der Waals surface area contributed by atoms with Gasteiger partial charge in [0.15, 0.2) is 0 Å². The van der Waals surface area contributed by atoms with Crippen molar-refractivity contribution in [1.29, 1.82) is 0 Å². The second-order valence-corrected chi connectivity index (χ2v) is 27.2. The molecule has 3 atom stereocenters. The Morgan fingerprint density at radius 2 is 0.745 bits per heavy atom. The van der Waals surface area contributed by atoms with Gasteiger partial charge in [0, 0.05) is 78.6 Å². The van der Waals surface area contributed by atoms with Crippen molar-refractivity contribution in [1.82, 2.24) is 29.4 Å². The van der Waals surface area contributed by atoms with E-state index in [-0.39, 0.29) is 107 Å². The van der Waals surface area contributed by atoms with Crippen LogP contribution in [0.4, 0.5) is 40.7 Å². The maximum absolute atomic E-state index is 14.7. The number of allylic oxidation sites excluding steroid dienone is 4. The highest BCUT2D eigenvalue weighted by Gasteiger charge is 2.37. The van der Waals surface area contributed by atoms with E-state index in [0.29, 0.717) is 33.4 Å². The molecule has 0 spiro atoms. The number of nitrogens with zero attached hydrogens (tertiary/aromatic N) is 6. The first-order chi connectivity index (χ1) is 49.1. The number of phosphoric acid groups is 2. The molecule has 1 aliphatic carbocycles. The molecule has 0 aromatic heterocycles. The number of hydrogen-bond acceptors (Lipinski definition) is 10. The molecule has 3 N–H and O–H groups in total. The fourth-order valence-corrected chi connectivity index (χ4v) is 12.9. The second kappa shape index (κ2) is 38.5. The number of phosphoric ester groups is 2. The van der Waals surface area contributed by atoms with Gasteiger partial charge in [-0.25, -0.2) is 49.9 Å². The number of benzene rings is 8. The highest BCUT2D eigenvalue weighted by atomic mass is 31.2. The summed E-state index contributed by atoms with van der Waals surface area (Å²) in [4.78, 5) is 65.1. The fraction of sp³-hybridized carbons (Fsp3) is 0.237. The van der Waals surface area contributed by atoms with Crippen molar-refractivity contribution in [2.24, 2.45) is 0 Å². The van der Waals surface area contributed by atoms with Crippen molar-refractivity contribution in [3.8, 4) is 17.2 Å². The van der Waals surface area contributed by atoms with Crippen LogP contribution < -0.4 is 9.05 Å². The lowest BCUT2D eigenvalue weighted by atomic mass is 10.0. The summed E-state index contributed by atoms with van der Waals surface area (Å²) in [7, 11) is 0.714. The summed E-state index contributed by atoms with van der Waals surface area (Å²) in [6.07, 6.45) is 16.1. The van der Waals surface area contributed by atoms with E-state index in [1.54, 1.807) is 114 Å². The van der Waals surface area contributed by atoms with Crippen molar-refractivity contribution >= 4 is 50.5 Å². The van der Waals surface area contributed by atoms with Gasteiger partial charge in [-0.3, -0.25) is 18.8 Å². The molecule has 3 aliphatic heterocycles. The number of amides is 6. The molecule has 6 amide bonds. The standard InChI is InChI=1S/C33H31F2N2O5P.C19H19F2N2O5P.C19H18F2N2O2.C6H8.3CH4/c1-36(2)33(38)37-21-27(30-20-28(34)16-17-31(30)35)19-32(37)26-14-9-15-29(18-26)42-43(39,40-22-24-10-5-3-6-11-24)41-23-25-12-7-4-8-13-25;1-22(2)19(24)23-11-13(16-10-14(20)6-7-17(16)21)9-18(23)12-4-3-5-15(8-12)28-29(25,26)27;1-22(2)19(25)23-11-13(16-10-14(20)6-7-17(16)21)9-18(23)12-4-3-5-15(24)8-12;1-2-4-6-5-3-1;;;/h3-20,32H,21-23H2,1-2H3;3-10,18H,11H2,1-2H3,(H2,25,26,27);3-10,18,24H,11H2,1-2H3;1-2,5-6H,3-4H2;3*1H4/t32-;2*18-;;;;/m000..../s1. The molecule has 562 valence electrons. The lowest BCUT2D eigenvalue weighted by molar-refractivity contribution is 0.143. The van der Waals surface area contributed by atoms with Crippen molar-refractivity contribution < 1.29 is 82.8 Å². The zero-order chi connectivity index (χ0) is 74.1. The molecule has 0 unspecified atom stereocenters. The predicted molar refractivity (Wildman–Crippen MR) is 401 cm³/mol. The molecule has 18 nitrogen and oxygen atoms in total. The molecule has 4 aliphatic rings. The zero-order valence-corrected chi connectivity index (χ0v) is 58.8. The number of hydrogen-bond donors (Lipinski definition) is 3. The summed E-state index contributed by atoms with van der Waals surface area (Å²) >= 11 is 0. The molecule has 12 rings (SSSR count). The Morgan fingerprint density at radius 3 is 1.06 bits per heavy atom. The van der Waals surface area contributed by atoms with E-state index in [2.05, 4.69) is 28.8 Å². The number of phenols is 1. The maximum Gasteiger partial charge on any atom is 0.530 e. The Hall–Kier alpha value is -10.5. The molecule has 0 saturated carbocycles. The quantitative estimate of drug-likeness (QED) is 0.0470. The van der Waals surface area contributed by atoms with Gasteiger partial charge in [-0.15, -0.1) is 0 Å². The second-order valence-electron chi connectivity index (χ2n) is 24.5. The summed E-state index contributed by atoms with van der Waals surface area (Å²) < 4.78 is 131. The van der Waals surface area contributed by atoms with Crippen molar-refractivity contribution in [3.05, 3.63) is 310 Å². The van der Waals surface area contributed by atoms with E-state index in [0.717, 1.165) is 78.6 Å². The van der Waals surface area contributed by atoms with Gasteiger partial charge in [-0.1, -0.05) is 162 Å². The van der Waals surface area contributed by atoms with Crippen LogP contribution in [0.2, 0.25) is 0 Å². The Balaban J connectivity index is 0.000000245. The summed E-state index contributed by atoms with van der Waals surface area (Å²) in [5, 5.41) is 9.73. The highest BCUT2D eigenvalue weighted by Crippen LogP contribution is 2.52. The van der Waals surface area contributed by atoms with Gasteiger partial charge in [0.05, 0.1) is 31.3 Å². The molecule has 0 radical (unpaired) electrons. The summed E-state index contributed by atoms with van der Waals surface area (Å²) in [5.41, 5.74) is 5.06. The number of carbonyl (C=O) groups is 3. The average Bonchev–Trinajstić information content (AvgIpc) is 1.65. The minimum atomic E-state index is -4.76. The minimum absolute atomic E-state index is 0. The van der Waals surface area contributed by atoms with Crippen LogP contribution >= 0.6 is 15.6 Å². The molecular formula is C80H88F6N6O12P2. The number of aromatic hydroxyl groups is 1. The number of urea groups is 3. The Morgan fingerprint density at radius 1 is 0.425 bits per heavy atom. The molecule has 0 saturated heterocycles. The monoisotopic (exact) mass is 1500 g/mol. The van der Waals surface area contributed by atoms with E-state index in [1.807, 2.05) is 60.7 Å². The van der Waals surface area contributed by atoms with E-state index in [1.165, 1.54) is 48.8 Å². The Bertz CT molecular complexity index is 4530. The predicted octanol–water partition coefficient (Wildman–Crippen LogP) is 19.2. The number of carbonyl (C=O) groups excluding carboxylic acids is 3. The Kier molecular flexibility index (Phi) is 30.7. The third-order valence-corrected chi connectivity index (χ3v) is 18.0. The normalized spacial score (nSPS) is 15.5. The maximum atomic E-state index is 14.7. The largest absolute Gasteiger partial charge is 0.530 e. The van der Waals surface area contributed by atoms with Crippen LogP contribution in [0.1, 0.15) is 97.8 Å². The van der Waals surface area contributed by atoms with Crippen LogP contribution in [0.25, 0.3) is 16.7 Å². The zero-order valence-electron chi connectivity index (χ0n) is 57.0. The first kappa shape index (κ1) is 84.5. The summed E-state index contributed by atoms with van der Waals surface area (Å²) in [5.74, 6) is -3.27. The van der Waals surface area contributed by atoms with E-state index in [4.69, 9.17) is 23.4 Å². The molecule has 3 heterocycles. The third-order valence-electron chi connectivity index (χ3n) is 16.2. The molecule has 0 bridgehead atoms. The van der Waals surface area contributed by atoms with Gasteiger partial charge < -0.3 is 43.6 Å². The molecule has 106 heavy (non-hydrogen) atoms. The molecule has 8 aromatic rings. The van der Waals surface area contributed by atoms with Gasteiger partial charge in [0.1, 0.15) is 52.2 Å². The van der Waals surface area contributed by atoms with Crippen LogP contribution in [0.15, 0.2) is 231 Å². The van der Waals surface area contributed by atoms with Crippen LogP contribution in [0, 0.1) is 34.9 Å². The molecular weight excluding hydrogens is 1410 g/mol. The number of halogens is 6. The van der Waals surface area contributed by atoms with Crippen LogP contribution in [-0.4, -0.2) is 124 Å². The first-order valence-electron chi connectivity index (χ1n) is 32.2. The van der Waals surface area contributed by atoms with Gasteiger partial charge in [-0.2, -0.15) is 0 Å². The summed E-state index contributed by atoms with van der Waals surface area (Å²) in [6.45, 7) is 0.229. The van der Waals surface area contributed by atoms with Crippen molar-refractivity contribution in [3.63, 3.8) is 0 Å².